The van der Waals surface area contributed by atoms with Gasteiger partial charge in [0.25, 0.3) is 0 Å². The average Bonchev–Trinajstić information content (AvgIpc) is 2.78. The summed E-state index contributed by atoms with van der Waals surface area (Å²) >= 11 is 3.24. The van der Waals surface area contributed by atoms with Crippen LogP contribution < -0.4 is 14.8 Å². The van der Waals surface area contributed by atoms with Gasteiger partial charge in [-0.05, 0) is 76.9 Å². The summed E-state index contributed by atoms with van der Waals surface area (Å²) in [5, 5.41) is 3.44. The summed E-state index contributed by atoms with van der Waals surface area (Å²) in [4.78, 5) is 11.0. The van der Waals surface area contributed by atoms with Crippen molar-refractivity contribution in [3.63, 3.8) is 0 Å². The first kappa shape index (κ1) is 20.0. The van der Waals surface area contributed by atoms with Crippen LogP contribution in [0, 0.1) is 11.7 Å². The second-order valence-electron chi connectivity index (χ2n) is 9.30. The van der Waals surface area contributed by atoms with E-state index < -0.39 is 12.9 Å². The summed E-state index contributed by atoms with van der Waals surface area (Å²) in [7, 11) is -2.68. The van der Waals surface area contributed by atoms with Gasteiger partial charge < -0.3 is 14.8 Å². The molecular weight excluding hydrogens is 487 g/mol. The number of hydrogen-bond acceptors (Lipinski definition) is 6. The summed E-state index contributed by atoms with van der Waals surface area (Å²) in [6, 6.07) is 7.79. The molecule has 1 aliphatic rings. The zero-order valence-corrected chi connectivity index (χ0v) is 20.6. The monoisotopic (exact) mass is 519 g/mol. The topological polar surface area (TPSA) is 59.5 Å². The summed E-state index contributed by atoms with van der Waals surface area (Å²) < 4.78 is 49.3. The number of methoxy groups -OCH3 is 1. The Hall–Kier alpha value is -2.45. The Balaban J connectivity index is 1.59. The van der Waals surface area contributed by atoms with E-state index in [0.717, 1.165) is 25.9 Å². The van der Waals surface area contributed by atoms with Gasteiger partial charge in [0.1, 0.15) is 18.0 Å². The Morgan fingerprint density at radius 2 is 1.97 bits per heavy atom. The van der Waals surface area contributed by atoms with Gasteiger partial charge in [-0.3, -0.25) is 4.90 Å². The third kappa shape index (κ3) is 5.55. The molecule has 8 heteroatoms. The molecule has 6 nitrogen and oxygen atoms in total. The predicted molar refractivity (Wildman–Crippen MR) is 133 cm³/mol. The Bertz CT molecular complexity index is 1230. The molecule has 1 aromatic heterocycles. The zero-order chi connectivity index (χ0) is 26.1. The molecule has 0 atom stereocenters. The van der Waals surface area contributed by atoms with Crippen LogP contribution in [0.25, 0.3) is 10.9 Å². The molecule has 0 saturated carbocycles. The molecule has 176 valence electrons. The highest BCUT2D eigenvalue weighted by Crippen LogP contribution is 2.36. The largest absolute Gasteiger partial charge is 0.493 e. The molecule has 33 heavy (non-hydrogen) atoms. The number of nitrogens with one attached hydrogen (secondary N) is 1. The van der Waals surface area contributed by atoms with E-state index in [1.807, 2.05) is 0 Å². The third-order valence-electron chi connectivity index (χ3n) is 6.03. The zero-order valence-electron chi connectivity index (χ0n) is 22.0. The Morgan fingerprint density at radius 3 is 2.67 bits per heavy atom. The quantitative estimate of drug-likeness (QED) is 0.420. The van der Waals surface area contributed by atoms with Crippen LogP contribution in [0.15, 0.2) is 41.1 Å². The van der Waals surface area contributed by atoms with E-state index in [2.05, 4.69) is 56.9 Å². The molecule has 1 N–H and O–H groups in total. The van der Waals surface area contributed by atoms with E-state index >= 15 is 0 Å². The van der Waals surface area contributed by atoms with E-state index in [4.69, 9.17) is 13.6 Å². The summed E-state index contributed by atoms with van der Waals surface area (Å²) in [6.45, 7) is 9.07. The lowest BCUT2D eigenvalue weighted by Crippen LogP contribution is -2.46. The number of hydrogen-bond donors (Lipinski definition) is 1. The van der Waals surface area contributed by atoms with Crippen LogP contribution in [0.1, 0.15) is 37.7 Å². The summed E-state index contributed by atoms with van der Waals surface area (Å²) in [5.74, 6) is 0.563. The lowest BCUT2D eigenvalue weighted by atomic mass is 9.93. The second-order valence-corrected chi connectivity index (χ2v) is 10.2. The first-order valence-corrected chi connectivity index (χ1v) is 11.8. The van der Waals surface area contributed by atoms with E-state index in [0.29, 0.717) is 39.5 Å². The lowest BCUT2D eigenvalue weighted by Gasteiger charge is -2.40. The van der Waals surface area contributed by atoms with Gasteiger partial charge in [0.05, 0.1) is 29.0 Å². The maximum absolute atomic E-state index is 14.4. The van der Waals surface area contributed by atoms with Gasteiger partial charge in [0.2, 0.25) is 0 Å². The standard InChI is InChI=1S/C25H30BrFN4O2/c1-25(2,3)31-9-7-16(8-10-31)14-33-23-13-21-18(12-22(23)32-4)24(29-15-28-21)30-20-6-5-17(26)11-19(20)27/h5-6,11-13,15-16H,7-10,14H2,1-4H3,(H,28,29,30)/i4D3. The van der Waals surface area contributed by atoms with Crippen LogP contribution >= 0.6 is 15.9 Å². The highest BCUT2D eigenvalue weighted by atomic mass is 79.9. The van der Waals surface area contributed by atoms with Crippen molar-refractivity contribution in [1.82, 2.24) is 14.9 Å². The number of rotatable bonds is 6. The van der Waals surface area contributed by atoms with Gasteiger partial charge in [-0.2, -0.15) is 0 Å². The number of aromatic nitrogens is 2. The van der Waals surface area contributed by atoms with Crippen LogP contribution in [-0.4, -0.2) is 47.1 Å². The minimum atomic E-state index is -2.68. The van der Waals surface area contributed by atoms with Gasteiger partial charge in [-0.25, -0.2) is 14.4 Å². The number of likely N-dealkylation sites (tertiary alicyclic amines) is 1. The molecule has 1 fully saturated rings. The number of piperidine rings is 1. The number of anilines is 2. The Kier molecular flexibility index (Phi) is 5.94. The highest BCUT2D eigenvalue weighted by Gasteiger charge is 2.27. The van der Waals surface area contributed by atoms with Crippen molar-refractivity contribution in [2.24, 2.45) is 5.92 Å². The van der Waals surface area contributed by atoms with E-state index in [9.17, 15) is 4.39 Å². The van der Waals surface area contributed by atoms with Crippen molar-refractivity contribution in [3.05, 3.63) is 46.9 Å². The normalized spacial score (nSPS) is 17.3. The molecule has 0 unspecified atom stereocenters. The molecule has 4 rings (SSSR count). The molecular formula is C25H30BrFN4O2. The van der Waals surface area contributed by atoms with E-state index in [1.54, 1.807) is 18.2 Å². The van der Waals surface area contributed by atoms with Crippen LogP contribution in [-0.2, 0) is 0 Å². The molecule has 0 bridgehead atoms. The van der Waals surface area contributed by atoms with Crippen molar-refractivity contribution >= 4 is 38.3 Å². The number of ether oxygens (including phenoxy) is 2. The highest BCUT2D eigenvalue weighted by molar-refractivity contribution is 9.10. The fraction of sp³-hybridized carbons (Fsp3) is 0.440. The molecule has 2 aromatic carbocycles. The average molecular weight is 520 g/mol. The SMILES string of the molecule is [2H]C([2H])([2H])Oc1cc2c(Nc3ccc(Br)cc3F)ncnc2cc1OCC1CCN(C(C)(C)C)CC1. The van der Waals surface area contributed by atoms with E-state index in [1.165, 1.54) is 18.5 Å². The predicted octanol–water partition coefficient (Wildman–Crippen LogP) is 6.17. The van der Waals surface area contributed by atoms with Crippen LogP contribution in [0.3, 0.4) is 0 Å². The molecule has 1 saturated heterocycles. The van der Waals surface area contributed by atoms with Gasteiger partial charge in [0, 0.05) is 21.5 Å². The van der Waals surface area contributed by atoms with Crippen molar-refractivity contribution in [2.45, 2.75) is 39.2 Å². The molecule has 0 spiro atoms. The van der Waals surface area contributed by atoms with E-state index in [-0.39, 0.29) is 17.0 Å². The van der Waals surface area contributed by atoms with Crippen molar-refractivity contribution in [2.75, 3.05) is 32.1 Å². The fourth-order valence-electron chi connectivity index (χ4n) is 4.05. The Morgan fingerprint density at radius 1 is 1.18 bits per heavy atom. The molecule has 0 aliphatic carbocycles. The third-order valence-corrected chi connectivity index (χ3v) is 6.53. The number of nitrogens with zero attached hydrogens (tertiary/aromatic N) is 3. The van der Waals surface area contributed by atoms with Gasteiger partial charge in [-0.1, -0.05) is 15.9 Å². The summed E-state index contributed by atoms with van der Waals surface area (Å²) in [5.41, 5.74) is 0.869. The van der Waals surface area contributed by atoms with Gasteiger partial charge in [0.15, 0.2) is 11.5 Å². The molecule has 1 aliphatic heterocycles. The molecule has 0 radical (unpaired) electrons. The van der Waals surface area contributed by atoms with Crippen molar-refractivity contribution < 1.29 is 18.0 Å². The number of halogens is 2. The fourth-order valence-corrected chi connectivity index (χ4v) is 4.39. The van der Waals surface area contributed by atoms with Crippen molar-refractivity contribution in [1.29, 1.82) is 0 Å². The summed E-state index contributed by atoms with van der Waals surface area (Å²) in [6.07, 6.45) is 3.35. The first-order valence-electron chi connectivity index (χ1n) is 12.5. The maximum Gasteiger partial charge on any atom is 0.163 e. The maximum atomic E-state index is 14.4. The van der Waals surface area contributed by atoms with Gasteiger partial charge in [-0.15, -0.1) is 0 Å². The number of benzene rings is 2. The van der Waals surface area contributed by atoms with Crippen molar-refractivity contribution in [3.8, 4) is 11.5 Å². The van der Waals surface area contributed by atoms with Crippen LogP contribution in [0.4, 0.5) is 15.9 Å². The Labute approximate surface area is 206 Å². The molecule has 3 aromatic rings. The molecule has 0 amide bonds. The smallest absolute Gasteiger partial charge is 0.163 e. The number of fused-ring (bicyclic) bond motifs is 1. The second kappa shape index (κ2) is 9.81. The molecule has 2 heterocycles. The lowest BCUT2D eigenvalue weighted by molar-refractivity contribution is 0.0716. The minimum Gasteiger partial charge on any atom is -0.493 e. The van der Waals surface area contributed by atoms with Crippen LogP contribution in [0.2, 0.25) is 0 Å². The first-order chi connectivity index (χ1) is 16.9. The van der Waals surface area contributed by atoms with Gasteiger partial charge >= 0.3 is 0 Å². The minimum absolute atomic E-state index is 0.0590. The van der Waals surface area contributed by atoms with Crippen LogP contribution in [0.5, 0.6) is 11.5 Å².